The first-order chi connectivity index (χ1) is 9.06. The zero-order valence-electron chi connectivity index (χ0n) is 11.6. The van der Waals surface area contributed by atoms with Gasteiger partial charge >= 0.3 is 0 Å². The quantitative estimate of drug-likeness (QED) is 0.513. The Hall–Kier alpha value is -1.65. The number of anilines is 1. The molecular weight excluding hydrogens is 242 g/mol. The molecule has 1 aromatic rings. The molecule has 0 amide bonds. The van der Waals surface area contributed by atoms with Crippen molar-refractivity contribution in [3.63, 3.8) is 0 Å². The van der Waals surface area contributed by atoms with E-state index < -0.39 is 0 Å². The van der Waals surface area contributed by atoms with Gasteiger partial charge in [-0.05, 0) is 38.2 Å². The van der Waals surface area contributed by atoms with Crippen molar-refractivity contribution in [1.29, 1.82) is 0 Å². The van der Waals surface area contributed by atoms with Crippen LogP contribution in [0, 0.1) is 23.0 Å². The van der Waals surface area contributed by atoms with Gasteiger partial charge in [0.1, 0.15) is 11.5 Å². The molecule has 1 aromatic heterocycles. The molecule has 2 rings (SSSR count). The van der Waals surface area contributed by atoms with Crippen LogP contribution >= 0.6 is 0 Å². The zero-order chi connectivity index (χ0) is 13.8. The second kappa shape index (κ2) is 5.99. The molecule has 1 saturated carbocycles. The van der Waals surface area contributed by atoms with Crippen molar-refractivity contribution in [3.05, 3.63) is 27.9 Å². The molecule has 0 radical (unpaired) electrons. The highest BCUT2D eigenvalue weighted by Crippen LogP contribution is 2.25. The van der Waals surface area contributed by atoms with E-state index in [-0.39, 0.29) is 10.6 Å². The zero-order valence-corrected chi connectivity index (χ0v) is 11.6. The van der Waals surface area contributed by atoms with Crippen LogP contribution < -0.4 is 5.32 Å². The van der Waals surface area contributed by atoms with Crippen molar-refractivity contribution in [2.45, 2.75) is 52.0 Å². The molecule has 1 N–H and O–H groups in total. The summed E-state index contributed by atoms with van der Waals surface area (Å²) in [5.41, 5.74) is 0.553. The van der Waals surface area contributed by atoms with Crippen LogP contribution in [0.5, 0.6) is 0 Å². The number of pyridine rings is 1. The Kier molecular flexibility index (Phi) is 4.35. The second-order valence-electron chi connectivity index (χ2n) is 5.51. The number of nitrogens with one attached hydrogen (secondary N) is 1. The number of hydrogen-bond donors (Lipinski definition) is 1. The Bertz CT molecular complexity index is 462. The molecule has 0 bridgehead atoms. The minimum atomic E-state index is -0.389. The lowest BCUT2D eigenvalue weighted by atomic mass is 10.0. The second-order valence-corrected chi connectivity index (χ2v) is 5.51. The maximum absolute atomic E-state index is 10.7. The Balaban J connectivity index is 2.03. The molecular formula is C14H21N3O2. The molecule has 0 saturated heterocycles. The smallest absolute Gasteiger partial charge is 0.290 e. The average molecular weight is 263 g/mol. The summed E-state index contributed by atoms with van der Waals surface area (Å²) in [7, 11) is 0. The first-order valence-electron chi connectivity index (χ1n) is 6.95. The van der Waals surface area contributed by atoms with Crippen molar-refractivity contribution in [2.24, 2.45) is 5.92 Å². The van der Waals surface area contributed by atoms with Gasteiger partial charge in [-0.2, -0.15) is 0 Å². The third-order valence-electron chi connectivity index (χ3n) is 3.86. The van der Waals surface area contributed by atoms with Gasteiger partial charge in [-0.25, -0.2) is 4.98 Å². The number of aromatic nitrogens is 1. The van der Waals surface area contributed by atoms with Gasteiger partial charge < -0.3 is 5.32 Å². The lowest BCUT2D eigenvalue weighted by molar-refractivity contribution is -0.385. The van der Waals surface area contributed by atoms with E-state index in [0.29, 0.717) is 11.7 Å². The number of nitro groups is 1. The van der Waals surface area contributed by atoms with Crippen LogP contribution in [-0.2, 0) is 0 Å². The van der Waals surface area contributed by atoms with E-state index in [2.05, 4.69) is 17.2 Å². The Morgan fingerprint density at radius 2 is 2.11 bits per heavy atom. The molecule has 19 heavy (non-hydrogen) atoms. The van der Waals surface area contributed by atoms with Gasteiger partial charge in [0.15, 0.2) is 0 Å². The fourth-order valence-corrected chi connectivity index (χ4v) is 2.67. The summed E-state index contributed by atoms with van der Waals surface area (Å²) in [6, 6.07) is 3.68. The lowest BCUT2D eigenvalue weighted by Gasteiger charge is -2.17. The van der Waals surface area contributed by atoms with Crippen LogP contribution in [0.15, 0.2) is 12.1 Å². The average Bonchev–Trinajstić information content (AvgIpc) is 2.54. The molecule has 1 heterocycles. The number of rotatable bonds is 3. The van der Waals surface area contributed by atoms with Crippen molar-refractivity contribution in [1.82, 2.24) is 4.98 Å². The lowest BCUT2D eigenvalue weighted by Crippen LogP contribution is -2.19. The van der Waals surface area contributed by atoms with Gasteiger partial charge in [-0.1, -0.05) is 19.8 Å². The molecule has 2 atom stereocenters. The monoisotopic (exact) mass is 263 g/mol. The summed E-state index contributed by atoms with van der Waals surface area (Å²) in [4.78, 5) is 14.6. The molecule has 104 valence electrons. The Morgan fingerprint density at radius 3 is 2.79 bits per heavy atom. The summed E-state index contributed by atoms with van der Waals surface area (Å²) < 4.78 is 0. The van der Waals surface area contributed by atoms with Gasteiger partial charge in [0.2, 0.25) is 0 Å². The maximum atomic E-state index is 10.7. The van der Waals surface area contributed by atoms with E-state index in [4.69, 9.17) is 0 Å². The van der Waals surface area contributed by atoms with Gasteiger partial charge in [0.05, 0.1) is 4.92 Å². The SMILES string of the molecule is Cc1nc(NC2CCCC(C)CC2)ccc1[N+](=O)[O-]. The van der Waals surface area contributed by atoms with E-state index >= 15 is 0 Å². The summed E-state index contributed by atoms with van der Waals surface area (Å²) in [5.74, 6) is 1.56. The molecule has 1 aliphatic carbocycles. The van der Waals surface area contributed by atoms with Crippen molar-refractivity contribution < 1.29 is 4.92 Å². The highest BCUT2D eigenvalue weighted by atomic mass is 16.6. The Labute approximate surface area is 113 Å². The van der Waals surface area contributed by atoms with Crippen molar-refractivity contribution in [3.8, 4) is 0 Å². The minimum Gasteiger partial charge on any atom is -0.367 e. The maximum Gasteiger partial charge on any atom is 0.290 e. The highest BCUT2D eigenvalue weighted by molar-refractivity contribution is 5.45. The van der Waals surface area contributed by atoms with Crippen LogP contribution in [0.2, 0.25) is 0 Å². The molecule has 2 unspecified atom stereocenters. The topological polar surface area (TPSA) is 68.1 Å². The molecule has 0 aliphatic heterocycles. The van der Waals surface area contributed by atoms with Gasteiger partial charge in [-0.3, -0.25) is 10.1 Å². The van der Waals surface area contributed by atoms with E-state index in [1.165, 1.54) is 25.3 Å². The fraction of sp³-hybridized carbons (Fsp3) is 0.643. The standard InChI is InChI=1S/C14H21N3O2/c1-10-4-3-5-12(7-6-10)16-14-9-8-13(17(18)19)11(2)15-14/h8-10,12H,3-7H2,1-2H3,(H,15,16). The van der Waals surface area contributed by atoms with Crippen LogP contribution in [0.25, 0.3) is 0 Å². The summed E-state index contributed by atoms with van der Waals surface area (Å²) >= 11 is 0. The molecule has 5 nitrogen and oxygen atoms in total. The number of nitrogens with zero attached hydrogens (tertiary/aromatic N) is 2. The van der Waals surface area contributed by atoms with Crippen molar-refractivity contribution in [2.75, 3.05) is 5.32 Å². The van der Waals surface area contributed by atoms with E-state index in [0.717, 1.165) is 24.6 Å². The molecule has 1 fully saturated rings. The van der Waals surface area contributed by atoms with Crippen LogP contribution in [0.3, 0.4) is 0 Å². The van der Waals surface area contributed by atoms with Crippen LogP contribution in [0.1, 0.15) is 44.7 Å². The molecule has 1 aliphatic rings. The first-order valence-corrected chi connectivity index (χ1v) is 6.95. The predicted octanol–water partition coefficient (Wildman–Crippen LogP) is 3.68. The van der Waals surface area contributed by atoms with Gasteiger partial charge in [-0.15, -0.1) is 0 Å². The number of aryl methyl sites for hydroxylation is 1. The van der Waals surface area contributed by atoms with Gasteiger partial charge in [0.25, 0.3) is 5.69 Å². The van der Waals surface area contributed by atoms with E-state index in [1.54, 1.807) is 13.0 Å². The normalized spacial score (nSPS) is 23.7. The molecule has 0 spiro atoms. The fourth-order valence-electron chi connectivity index (χ4n) is 2.67. The van der Waals surface area contributed by atoms with Crippen LogP contribution in [-0.4, -0.2) is 15.9 Å². The van der Waals surface area contributed by atoms with Crippen molar-refractivity contribution >= 4 is 11.5 Å². The molecule has 0 aromatic carbocycles. The Morgan fingerprint density at radius 1 is 1.32 bits per heavy atom. The summed E-state index contributed by atoms with van der Waals surface area (Å²) in [6.07, 6.45) is 6.08. The third-order valence-corrected chi connectivity index (χ3v) is 3.86. The largest absolute Gasteiger partial charge is 0.367 e. The predicted molar refractivity (Wildman–Crippen MR) is 75.3 cm³/mol. The summed E-state index contributed by atoms with van der Waals surface area (Å²) in [5, 5.41) is 14.2. The van der Waals surface area contributed by atoms with Gasteiger partial charge in [0, 0.05) is 12.1 Å². The first kappa shape index (κ1) is 13.8. The minimum absolute atomic E-state index is 0.0834. The molecule has 5 heteroatoms. The van der Waals surface area contributed by atoms with E-state index in [1.807, 2.05) is 0 Å². The third kappa shape index (κ3) is 3.66. The highest BCUT2D eigenvalue weighted by Gasteiger charge is 2.17. The van der Waals surface area contributed by atoms with Crippen LogP contribution in [0.4, 0.5) is 11.5 Å². The number of hydrogen-bond acceptors (Lipinski definition) is 4. The van der Waals surface area contributed by atoms with E-state index in [9.17, 15) is 10.1 Å². The summed E-state index contributed by atoms with van der Waals surface area (Å²) in [6.45, 7) is 3.98.